The first-order valence-electron chi connectivity index (χ1n) is 5.83. The van der Waals surface area contributed by atoms with Gasteiger partial charge >= 0.3 is 0 Å². The molecule has 0 spiro atoms. The molecule has 2 nitrogen and oxygen atoms in total. The molecule has 0 saturated heterocycles. The second-order valence-corrected chi connectivity index (χ2v) is 4.18. The molecule has 0 saturated carbocycles. The van der Waals surface area contributed by atoms with Gasteiger partial charge in [-0.1, -0.05) is 30.3 Å². The maximum absolute atomic E-state index is 13.5. The predicted octanol–water partition coefficient (Wildman–Crippen LogP) is 3.08. The number of halogens is 1. The van der Waals surface area contributed by atoms with Crippen molar-refractivity contribution in [2.75, 3.05) is 7.11 Å². The number of rotatable bonds is 4. The molecule has 0 radical (unpaired) electrons. The summed E-state index contributed by atoms with van der Waals surface area (Å²) in [7, 11) is 1.62. The number of benzene rings is 2. The van der Waals surface area contributed by atoms with Gasteiger partial charge in [0.1, 0.15) is 11.6 Å². The molecule has 1 atom stereocenters. The maximum atomic E-state index is 13.5. The normalized spacial score (nSPS) is 12.2. The fourth-order valence-electron chi connectivity index (χ4n) is 1.87. The Morgan fingerprint density at radius 3 is 2.39 bits per heavy atom. The van der Waals surface area contributed by atoms with Crippen molar-refractivity contribution in [3.05, 3.63) is 65.5 Å². The Hall–Kier alpha value is -1.87. The lowest BCUT2D eigenvalue weighted by atomic mass is 9.99. The lowest BCUT2D eigenvalue weighted by Crippen LogP contribution is -2.14. The van der Waals surface area contributed by atoms with Crippen LogP contribution in [-0.4, -0.2) is 7.11 Å². The Balaban J connectivity index is 2.11. The molecule has 2 aromatic rings. The second kappa shape index (κ2) is 5.65. The van der Waals surface area contributed by atoms with Gasteiger partial charge in [0.15, 0.2) is 0 Å². The van der Waals surface area contributed by atoms with Crippen LogP contribution in [-0.2, 0) is 6.42 Å². The number of methoxy groups -OCH3 is 1. The van der Waals surface area contributed by atoms with Gasteiger partial charge in [0.2, 0.25) is 0 Å². The van der Waals surface area contributed by atoms with Crippen LogP contribution in [0.25, 0.3) is 0 Å². The average molecular weight is 245 g/mol. The number of nitrogens with two attached hydrogens (primary N) is 1. The molecule has 0 aliphatic heterocycles. The fourth-order valence-corrected chi connectivity index (χ4v) is 1.87. The summed E-state index contributed by atoms with van der Waals surface area (Å²) in [6.45, 7) is 0. The molecule has 0 heterocycles. The SMILES string of the molecule is COc1ccc(C(N)Cc2ccccc2F)cc1. The number of hydrogen-bond acceptors (Lipinski definition) is 2. The zero-order valence-corrected chi connectivity index (χ0v) is 10.3. The minimum Gasteiger partial charge on any atom is -0.497 e. The maximum Gasteiger partial charge on any atom is 0.126 e. The van der Waals surface area contributed by atoms with E-state index in [1.54, 1.807) is 19.2 Å². The first-order valence-corrected chi connectivity index (χ1v) is 5.83. The minimum absolute atomic E-state index is 0.207. The van der Waals surface area contributed by atoms with Gasteiger partial charge in [-0.2, -0.15) is 0 Å². The molecule has 0 aromatic heterocycles. The van der Waals surface area contributed by atoms with E-state index in [-0.39, 0.29) is 11.9 Å². The van der Waals surface area contributed by atoms with Crippen LogP contribution < -0.4 is 10.5 Å². The highest BCUT2D eigenvalue weighted by Gasteiger charge is 2.10. The first kappa shape index (κ1) is 12.6. The first-order chi connectivity index (χ1) is 8.70. The average Bonchev–Trinajstić information content (AvgIpc) is 2.41. The van der Waals surface area contributed by atoms with E-state index in [2.05, 4.69) is 0 Å². The highest BCUT2D eigenvalue weighted by atomic mass is 19.1. The molecular formula is C15H16FNO. The van der Waals surface area contributed by atoms with Gasteiger partial charge in [0, 0.05) is 6.04 Å². The van der Waals surface area contributed by atoms with Crippen LogP contribution in [0.3, 0.4) is 0 Å². The van der Waals surface area contributed by atoms with Crippen molar-refractivity contribution in [2.24, 2.45) is 5.73 Å². The molecule has 18 heavy (non-hydrogen) atoms. The molecule has 0 fully saturated rings. The van der Waals surface area contributed by atoms with Gasteiger partial charge in [0.25, 0.3) is 0 Å². The van der Waals surface area contributed by atoms with Crippen LogP contribution in [0.1, 0.15) is 17.2 Å². The third kappa shape index (κ3) is 2.87. The Kier molecular flexibility index (Phi) is 3.95. The molecule has 2 aromatic carbocycles. The molecule has 2 N–H and O–H groups in total. The van der Waals surface area contributed by atoms with E-state index >= 15 is 0 Å². The van der Waals surface area contributed by atoms with E-state index in [1.165, 1.54) is 6.07 Å². The molecule has 1 unspecified atom stereocenters. The Morgan fingerprint density at radius 2 is 1.78 bits per heavy atom. The largest absolute Gasteiger partial charge is 0.497 e. The third-order valence-electron chi connectivity index (χ3n) is 2.94. The summed E-state index contributed by atoms with van der Waals surface area (Å²) in [5.74, 6) is 0.582. The van der Waals surface area contributed by atoms with Gasteiger partial charge < -0.3 is 10.5 Å². The van der Waals surface area contributed by atoms with Gasteiger partial charge in [-0.05, 0) is 35.7 Å². The summed E-state index contributed by atoms with van der Waals surface area (Å²) in [5, 5.41) is 0. The van der Waals surface area contributed by atoms with Crippen molar-refractivity contribution in [1.29, 1.82) is 0 Å². The molecule has 0 amide bonds. The summed E-state index contributed by atoms with van der Waals surface area (Å²) >= 11 is 0. The quantitative estimate of drug-likeness (QED) is 0.898. The van der Waals surface area contributed by atoms with Crippen molar-refractivity contribution in [3.63, 3.8) is 0 Å². The Morgan fingerprint density at radius 1 is 1.11 bits per heavy atom. The molecule has 0 aliphatic rings. The van der Waals surface area contributed by atoms with Gasteiger partial charge in [-0.25, -0.2) is 4.39 Å². The van der Waals surface area contributed by atoms with Crippen molar-refractivity contribution in [3.8, 4) is 5.75 Å². The van der Waals surface area contributed by atoms with Crippen molar-refractivity contribution < 1.29 is 9.13 Å². The minimum atomic E-state index is -0.215. The van der Waals surface area contributed by atoms with Crippen LogP contribution in [0.2, 0.25) is 0 Å². The number of ether oxygens (including phenoxy) is 1. The highest BCUT2D eigenvalue weighted by Crippen LogP contribution is 2.20. The van der Waals surface area contributed by atoms with Crippen LogP contribution in [0, 0.1) is 5.82 Å². The van der Waals surface area contributed by atoms with Crippen LogP contribution >= 0.6 is 0 Å². The van der Waals surface area contributed by atoms with E-state index < -0.39 is 0 Å². The molecule has 2 rings (SSSR count). The summed E-state index contributed by atoms with van der Waals surface area (Å²) in [5.41, 5.74) is 7.69. The smallest absolute Gasteiger partial charge is 0.126 e. The van der Waals surface area contributed by atoms with E-state index in [4.69, 9.17) is 10.5 Å². The second-order valence-electron chi connectivity index (χ2n) is 4.18. The molecule has 0 aliphatic carbocycles. The summed E-state index contributed by atoms with van der Waals surface area (Å²) in [4.78, 5) is 0. The van der Waals surface area contributed by atoms with Crippen LogP contribution in [0.15, 0.2) is 48.5 Å². The Labute approximate surface area is 106 Å². The topological polar surface area (TPSA) is 35.2 Å². The summed E-state index contributed by atoms with van der Waals surface area (Å²) < 4.78 is 18.6. The number of hydrogen-bond donors (Lipinski definition) is 1. The van der Waals surface area contributed by atoms with E-state index in [0.717, 1.165) is 11.3 Å². The molecule has 0 bridgehead atoms. The van der Waals surface area contributed by atoms with E-state index in [1.807, 2.05) is 30.3 Å². The van der Waals surface area contributed by atoms with Gasteiger partial charge in [0.05, 0.1) is 7.11 Å². The standard InChI is InChI=1S/C15H16FNO/c1-18-13-8-6-11(7-9-13)15(17)10-12-4-2-3-5-14(12)16/h2-9,15H,10,17H2,1H3. The van der Waals surface area contributed by atoms with Crippen molar-refractivity contribution in [2.45, 2.75) is 12.5 Å². The lowest BCUT2D eigenvalue weighted by molar-refractivity contribution is 0.414. The van der Waals surface area contributed by atoms with E-state index in [9.17, 15) is 4.39 Å². The van der Waals surface area contributed by atoms with Crippen LogP contribution in [0.5, 0.6) is 5.75 Å². The zero-order valence-electron chi connectivity index (χ0n) is 10.3. The van der Waals surface area contributed by atoms with E-state index in [0.29, 0.717) is 12.0 Å². The van der Waals surface area contributed by atoms with Gasteiger partial charge in [-0.3, -0.25) is 0 Å². The monoisotopic (exact) mass is 245 g/mol. The van der Waals surface area contributed by atoms with Crippen LogP contribution in [0.4, 0.5) is 4.39 Å². The summed E-state index contributed by atoms with van der Waals surface area (Å²) in [6.07, 6.45) is 0.485. The van der Waals surface area contributed by atoms with Crippen molar-refractivity contribution >= 4 is 0 Å². The van der Waals surface area contributed by atoms with Crippen molar-refractivity contribution in [1.82, 2.24) is 0 Å². The molecular weight excluding hydrogens is 229 g/mol. The summed E-state index contributed by atoms with van der Waals surface area (Å²) in [6, 6.07) is 14.0. The highest BCUT2D eigenvalue weighted by molar-refractivity contribution is 5.30. The third-order valence-corrected chi connectivity index (χ3v) is 2.94. The Bertz CT molecular complexity index is 510. The zero-order chi connectivity index (χ0) is 13.0. The molecule has 3 heteroatoms. The molecule has 94 valence electrons. The van der Waals surface area contributed by atoms with Gasteiger partial charge in [-0.15, -0.1) is 0 Å². The fraction of sp³-hybridized carbons (Fsp3) is 0.200. The lowest BCUT2D eigenvalue weighted by Gasteiger charge is -2.13. The predicted molar refractivity (Wildman–Crippen MR) is 70.0 cm³/mol.